The molecule has 0 aromatic heterocycles. The Labute approximate surface area is 185 Å². The van der Waals surface area contributed by atoms with Crippen LogP contribution < -0.4 is 4.74 Å². The average molecular weight is 421 g/mol. The number of benzene rings is 2. The Bertz CT molecular complexity index is 979. The molecular weight excluding hydrogens is 388 g/mol. The standard InChI is InChI=1S/C25H32N4O2/c1-18-8-9-19(2)22(14-18)23-16-24(20-6-5-7-21(15-20)31-4)29(26-23)25(30)17-28-12-10-27(3)11-13-28/h5-9,14-15,24H,10-13,16-17H2,1-4H3. The van der Waals surface area contributed by atoms with Gasteiger partial charge >= 0.3 is 0 Å². The fraction of sp³-hybridized carbons (Fsp3) is 0.440. The van der Waals surface area contributed by atoms with Crippen molar-refractivity contribution in [3.63, 3.8) is 0 Å². The molecule has 4 rings (SSSR count). The van der Waals surface area contributed by atoms with Gasteiger partial charge in [0.05, 0.1) is 25.4 Å². The Hall–Kier alpha value is -2.70. The number of piperazine rings is 1. The third-order valence-electron chi connectivity index (χ3n) is 6.30. The van der Waals surface area contributed by atoms with Gasteiger partial charge in [0.15, 0.2) is 0 Å². The lowest BCUT2D eigenvalue weighted by Gasteiger charge is -2.33. The highest BCUT2D eigenvalue weighted by molar-refractivity contribution is 6.04. The van der Waals surface area contributed by atoms with Crippen molar-refractivity contribution in [2.24, 2.45) is 5.10 Å². The van der Waals surface area contributed by atoms with Gasteiger partial charge in [-0.1, -0.05) is 29.8 Å². The van der Waals surface area contributed by atoms with Crippen LogP contribution in [-0.2, 0) is 4.79 Å². The summed E-state index contributed by atoms with van der Waals surface area (Å²) in [4.78, 5) is 17.9. The summed E-state index contributed by atoms with van der Waals surface area (Å²) in [6.07, 6.45) is 0.700. The monoisotopic (exact) mass is 420 g/mol. The summed E-state index contributed by atoms with van der Waals surface area (Å²) in [6.45, 7) is 8.40. The van der Waals surface area contributed by atoms with Crippen LogP contribution in [0.5, 0.6) is 5.75 Å². The molecule has 0 saturated carbocycles. The highest BCUT2D eigenvalue weighted by Crippen LogP contribution is 2.35. The van der Waals surface area contributed by atoms with Crippen molar-refractivity contribution in [1.29, 1.82) is 0 Å². The van der Waals surface area contributed by atoms with E-state index in [9.17, 15) is 4.79 Å². The number of amides is 1. The lowest BCUT2D eigenvalue weighted by atomic mass is 9.95. The average Bonchev–Trinajstić information content (AvgIpc) is 3.22. The second-order valence-corrected chi connectivity index (χ2v) is 8.68. The molecule has 1 amide bonds. The van der Waals surface area contributed by atoms with E-state index in [1.54, 1.807) is 12.1 Å². The third-order valence-corrected chi connectivity index (χ3v) is 6.30. The fourth-order valence-corrected chi connectivity index (χ4v) is 4.33. The van der Waals surface area contributed by atoms with Crippen molar-refractivity contribution in [1.82, 2.24) is 14.8 Å². The van der Waals surface area contributed by atoms with Gasteiger partial charge in [-0.2, -0.15) is 5.10 Å². The Morgan fingerprint density at radius 2 is 1.87 bits per heavy atom. The summed E-state index contributed by atoms with van der Waals surface area (Å²) in [5, 5.41) is 6.59. The maximum Gasteiger partial charge on any atom is 0.257 e. The SMILES string of the molecule is COc1cccc(C2CC(c3cc(C)ccc3C)=NN2C(=O)CN2CCN(C)CC2)c1. The molecule has 0 N–H and O–H groups in total. The molecule has 6 heteroatoms. The lowest BCUT2D eigenvalue weighted by molar-refractivity contribution is -0.134. The first-order chi connectivity index (χ1) is 14.9. The summed E-state index contributed by atoms with van der Waals surface area (Å²) in [5.74, 6) is 0.849. The zero-order valence-corrected chi connectivity index (χ0v) is 19.0. The maximum absolute atomic E-state index is 13.4. The highest BCUT2D eigenvalue weighted by Gasteiger charge is 2.34. The molecule has 164 valence electrons. The first-order valence-corrected chi connectivity index (χ1v) is 11.0. The Morgan fingerprint density at radius 1 is 1.10 bits per heavy atom. The summed E-state index contributed by atoms with van der Waals surface area (Å²) in [6, 6.07) is 14.3. The minimum atomic E-state index is -0.120. The molecule has 0 bridgehead atoms. The smallest absolute Gasteiger partial charge is 0.257 e. The number of aryl methyl sites for hydroxylation is 2. The predicted molar refractivity (Wildman–Crippen MR) is 124 cm³/mol. The van der Waals surface area contributed by atoms with Gasteiger partial charge in [-0.25, -0.2) is 5.01 Å². The minimum Gasteiger partial charge on any atom is -0.497 e. The summed E-state index contributed by atoms with van der Waals surface area (Å²) < 4.78 is 5.43. The number of rotatable bonds is 5. The lowest BCUT2D eigenvalue weighted by Crippen LogP contribution is -2.48. The number of likely N-dealkylation sites (N-methyl/N-ethyl adjacent to an activating group) is 1. The van der Waals surface area contributed by atoms with Crippen molar-refractivity contribution in [2.75, 3.05) is 46.9 Å². The minimum absolute atomic E-state index is 0.0534. The molecule has 2 aromatic carbocycles. The molecule has 1 atom stereocenters. The van der Waals surface area contributed by atoms with Crippen molar-refractivity contribution in [3.8, 4) is 5.75 Å². The molecule has 0 spiro atoms. The Balaban J connectivity index is 1.63. The van der Waals surface area contributed by atoms with Gasteiger partial charge in [-0.15, -0.1) is 0 Å². The Kier molecular flexibility index (Phi) is 6.39. The van der Waals surface area contributed by atoms with Gasteiger partial charge in [-0.05, 0) is 50.2 Å². The van der Waals surface area contributed by atoms with E-state index in [-0.39, 0.29) is 11.9 Å². The highest BCUT2D eigenvalue weighted by atomic mass is 16.5. The van der Waals surface area contributed by atoms with E-state index >= 15 is 0 Å². The molecule has 6 nitrogen and oxygen atoms in total. The van der Waals surface area contributed by atoms with E-state index in [4.69, 9.17) is 9.84 Å². The van der Waals surface area contributed by atoms with Crippen molar-refractivity contribution in [3.05, 3.63) is 64.7 Å². The molecule has 2 aromatic rings. The van der Waals surface area contributed by atoms with Crippen LogP contribution >= 0.6 is 0 Å². The van der Waals surface area contributed by atoms with Crippen molar-refractivity contribution >= 4 is 11.6 Å². The van der Waals surface area contributed by atoms with E-state index in [0.717, 1.165) is 48.8 Å². The van der Waals surface area contributed by atoms with Crippen LogP contribution in [0.25, 0.3) is 0 Å². The third kappa shape index (κ3) is 4.81. The molecule has 31 heavy (non-hydrogen) atoms. The topological polar surface area (TPSA) is 48.4 Å². The van der Waals surface area contributed by atoms with Crippen LogP contribution in [0.15, 0.2) is 47.6 Å². The molecule has 2 aliphatic rings. The predicted octanol–water partition coefficient (Wildman–Crippen LogP) is 3.24. The number of nitrogens with zero attached hydrogens (tertiary/aromatic N) is 4. The molecule has 2 heterocycles. The van der Waals surface area contributed by atoms with Crippen molar-refractivity contribution in [2.45, 2.75) is 26.3 Å². The van der Waals surface area contributed by atoms with Gasteiger partial charge in [0.2, 0.25) is 0 Å². The van der Waals surface area contributed by atoms with E-state index < -0.39 is 0 Å². The van der Waals surface area contributed by atoms with Gasteiger partial charge in [-0.3, -0.25) is 9.69 Å². The number of carbonyl (C=O) groups excluding carboxylic acids is 1. The van der Waals surface area contributed by atoms with E-state index in [1.165, 1.54) is 11.1 Å². The summed E-state index contributed by atoms with van der Waals surface area (Å²) in [5.41, 5.74) is 5.53. The largest absolute Gasteiger partial charge is 0.497 e. The van der Waals surface area contributed by atoms with Crippen LogP contribution in [-0.4, -0.2) is 73.3 Å². The summed E-state index contributed by atoms with van der Waals surface area (Å²) in [7, 11) is 3.79. The van der Waals surface area contributed by atoms with Gasteiger partial charge in [0.25, 0.3) is 5.91 Å². The van der Waals surface area contributed by atoms with Crippen LogP contribution in [0.4, 0.5) is 0 Å². The first kappa shape index (κ1) is 21.5. The molecule has 1 fully saturated rings. The van der Waals surface area contributed by atoms with E-state index in [1.807, 2.05) is 18.2 Å². The van der Waals surface area contributed by atoms with E-state index in [2.05, 4.69) is 55.0 Å². The van der Waals surface area contributed by atoms with Crippen LogP contribution in [0.3, 0.4) is 0 Å². The second kappa shape index (κ2) is 9.20. The number of hydrogen-bond donors (Lipinski definition) is 0. The molecule has 0 aliphatic carbocycles. The quantitative estimate of drug-likeness (QED) is 0.745. The maximum atomic E-state index is 13.4. The molecule has 1 saturated heterocycles. The van der Waals surface area contributed by atoms with E-state index in [0.29, 0.717) is 13.0 Å². The second-order valence-electron chi connectivity index (χ2n) is 8.68. The molecule has 0 radical (unpaired) electrons. The number of methoxy groups -OCH3 is 1. The fourth-order valence-electron chi connectivity index (χ4n) is 4.33. The first-order valence-electron chi connectivity index (χ1n) is 11.0. The summed E-state index contributed by atoms with van der Waals surface area (Å²) >= 11 is 0. The zero-order valence-electron chi connectivity index (χ0n) is 19.0. The zero-order chi connectivity index (χ0) is 22.0. The molecule has 1 unspecified atom stereocenters. The van der Waals surface area contributed by atoms with Gasteiger partial charge in [0.1, 0.15) is 5.75 Å². The number of hydrazone groups is 1. The normalized spacial score (nSPS) is 20.1. The van der Waals surface area contributed by atoms with Crippen LogP contribution in [0, 0.1) is 13.8 Å². The van der Waals surface area contributed by atoms with Crippen LogP contribution in [0.2, 0.25) is 0 Å². The molecule has 2 aliphatic heterocycles. The number of ether oxygens (including phenoxy) is 1. The number of carbonyl (C=O) groups is 1. The van der Waals surface area contributed by atoms with Gasteiger partial charge in [0, 0.05) is 38.2 Å². The molecular formula is C25H32N4O2. The number of hydrogen-bond acceptors (Lipinski definition) is 5. The Morgan fingerprint density at radius 3 is 2.61 bits per heavy atom. The van der Waals surface area contributed by atoms with Crippen LogP contribution in [0.1, 0.15) is 34.7 Å². The van der Waals surface area contributed by atoms with Crippen molar-refractivity contribution < 1.29 is 9.53 Å². The van der Waals surface area contributed by atoms with Gasteiger partial charge < -0.3 is 9.64 Å².